The van der Waals surface area contributed by atoms with Gasteiger partial charge < -0.3 is 15.4 Å². The van der Waals surface area contributed by atoms with E-state index in [1.54, 1.807) is 24.3 Å². The Labute approximate surface area is 158 Å². The smallest absolute Gasteiger partial charge is 0.415 e. The molecule has 1 saturated carbocycles. The Morgan fingerprint density at radius 2 is 2.33 bits per heavy atom. The van der Waals surface area contributed by atoms with Crippen LogP contribution in [0.25, 0.3) is 0 Å². The van der Waals surface area contributed by atoms with Crippen LogP contribution in [0.2, 0.25) is 0 Å². The summed E-state index contributed by atoms with van der Waals surface area (Å²) in [6, 6.07) is 1.95. The molecule has 3 aliphatic rings. The Bertz CT molecular complexity index is 856. The highest BCUT2D eigenvalue weighted by Crippen LogP contribution is 2.38. The molecule has 2 N–H and O–H groups in total. The number of pyridine rings is 1. The van der Waals surface area contributed by atoms with Gasteiger partial charge in [-0.05, 0) is 37.8 Å². The predicted molar refractivity (Wildman–Crippen MR) is 104 cm³/mol. The standard InChI is InChI=1S/C19H24N6O2/c1-4-13-11-25(18(26)27-13)16(20-3)14-10-22-15(9-12(14)2)24-17-19(5-6-19)23-8-7-21-17/h7-10,13,23H,4-6,11H2,1-3H3,(H,21,22,24). The number of rotatable bonds is 3. The first kappa shape index (κ1) is 17.5. The molecule has 142 valence electrons. The summed E-state index contributed by atoms with van der Waals surface area (Å²) in [5, 5.41) is 6.70. The molecule has 0 aromatic carbocycles. The molecule has 1 unspecified atom stereocenters. The number of anilines is 1. The molecule has 27 heavy (non-hydrogen) atoms. The third-order valence-corrected chi connectivity index (χ3v) is 5.24. The monoisotopic (exact) mass is 368 g/mol. The summed E-state index contributed by atoms with van der Waals surface area (Å²) < 4.78 is 5.37. The van der Waals surface area contributed by atoms with Crippen molar-refractivity contribution >= 4 is 23.6 Å². The molecule has 1 saturated heterocycles. The normalized spacial score (nSPS) is 23.1. The predicted octanol–water partition coefficient (Wildman–Crippen LogP) is 2.41. The summed E-state index contributed by atoms with van der Waals surface area (Å²) >= 11 is 0. The summed E-state index contributed by atoms with van der Waals surface area (Å²) in [6.45, 7) is 4.50. The van der Waals surface area contributed by atoms with E-state index < -0.39 is 0 Å². The maximum atomic E-state index is 12.2. The van der Waals surface area contributed by atoms with Gasteiger partial charge in [-0.15, -0.1) is 0 Å². The van der Waals surface area contributed by atoms with Gasteiger partial charge in [-0.1, -0.05) is 6.92 Å². The summed E-state index contributed by atoms with van der Waals surface area (Å²) in [5.41, 5.74) is 1.74. The maximum Gasteiger partial charge on any atom is 0.415 e. The minimum atomic E-state index is -0.353. The van der Waals surface area contributed by atoms with Gasteiger partial charge in [-0.25, -0.2) is 14.8 Å². The molecule has 8 nitrogen and oxygen atoms in total. The Morgan fingerprint density at radius 1 is 1.52 bits per heavy atom. The van der Waals surface area contributed by atoms with Gasteiger partial charge in [0.15, 0.2) is 0 Å². The lowest BCUT2D eigenvalue weighted by atomic mass is 10.1. The molecule has 0 radical (unpaired) electrons. The molecule has 0 bridgehead atoms. The van der Waals surface area contributed by atoms with Crippen molar-refractivity contribution in [3.8, 4) is 0 Å². The molecule has 1 aliphatic carbocycles. The topological polar surface area (TPSA) is 91.2 Å². The average Bonchev–Trinajstić information content (AvgIpc) is 3.34. The summed E-state index contributed by atoms with van der Waals surface area (Å²) in [5.74, 6) is 2.21. The number of aromatic nitrogens is 1. The highest BCUT2D eigenvalue weighted by atomic mass is 16.6. The second kappa shape index (κ2) is 6.68. The van der Waals surface area contributed by atoms with E-state index in [0.29, 0.717) is 12.4 Å². The van der Waals surface area contributed by atoms with Crippen molar-refractivity contribution in [2.45, 2.75) is 44.8 Å². The van der Waals surface area contributed by atoms with Crippen LogP contribution in [0.4, 0.5) is 10.6 Å². The average molecular weight is 368 g/mol. The van der Waals surface area contributed by atoms with Crippen molar-refractivity contribution < 1.29 is 9.53 Å². The molecule has 8 heteroatoms. The zero-order valence-electron chi connectivity index (χ0n) is 15.8. The van der Waals surface area contributed by atoms with Crippen molar-refractivity contribution in [3.05, 3.63) is 35.8 Å². The van der Waals surface area contributed by atoms with Gasteiger partial charge in [0.05, 0.1) is 12.1 Å². The number of hydrogen-bond acceptors (Lipinski definition) is 7. The highest BCUT2D eigenvalue weighted by molar-refractivity contribution is 6.08. The van der Waals surface area contributed by atoms with E-state index in [9.17, 15) is 4.79 Å². The van der Waals surface area contributed by atoms with Crippen molar-refractivity contribution in [1.82, 2.24) is 15.2 Å². The van der Waals surface area contributed by atoms with Crippen molar-refractivity contribution in [2.24, 2.45) is 9.98 Å². The Morgan fingerprint density at radius 3 is 2.96 bits per heavy atom. The van der Waals surface area contributed by atoms with E-state index in [1.807, 2.05) is 26.1 Å². The van der Waals surface area contributed by atoms with Crippen LogP contribution in [0.1, 0.15) is 37.3 Å². The Balaban J connectivity index is 1.55. The first-order valence-corrected chi connectivity index (χ1v) is 9.26. The molecule has 1 spiro atoms. The number of amidine groups is 2. The van der Waals surface area contributed by atoms with Crippen LogP contribution < -0.4 is 10.6 Å². The van der Waals surface area contributed by atoms with Crippen LogP contribution in [0, 0.1) is 6.92 Å². The fourth-order valence-corrected chi connectivity index (χ4v) is 3.43. The molecule has 1 aromatic heterocycles. The number of nitrogens with one attached hydrogen (secondary N) is 2. The van der Waals surface area contributed by atoms with Gasteiger partial charge in [0.2, 0.25) is 0 Å². The highest BCUT2D eigenvalue weighted by Gasteiger charge is 2.48. The first-order chi connectivity index (χ1) is 13.1. The maximum absolute atomic E-state index is 12.2. The van der Waals surface area contributed by atoms with Gasteiger partial charge in [-0.2, -0.15) is 0 Å². The Hall–Kier alpha value is -2.90. The van der Waals surface area contributed by atoms with Crippen molar-refractivity contribution in [3.63, 3.8) is 0 Å². The molecule has 1 atom stereocenters. The number of carbonyl (C=O) groups is 1. The summed E-state index contributed by atoms with van der Waals surface area (Å²) in [4.78, 5) is 27.1. The lowest BCUT2D eigenvalue weighted by Gasteiger charge is -2.22. The van der Waals surface area contributed by atoms with E-state index in [2.05, 4.69) is 25.6 Å². The molecular weight excluding hydrogens is 344 g/mol. The molecule has 4 rings (SSSR count). The van der Waals surface area contributed by atoms with E-state index >= 15 is 0 Å². The summed E-state index contributed by atoms with van der Waals surface area (Å²) in [7, 11) is 1.68. The largest absolute Gasteiger partial charge is 0.444 e. The van der Waals surface area contributed by atoms with Gasteiger partial charge in [0.25, 0.3) is 0 Å². The molecule has 1 amide bonds. The lowest BCUT2D eigenvalue weighted by Crippen LogP contribution is -2.42. The molecule has 3 heterocycles. The number of aliphatic imine (C=N–C) groups is 2. The third kappa shape index (κ3) is 3.15. The van der Waals surface area contributed by atoms with Crippen LogP contribution in [0.3, 0.4) is 0 Å². The SMILES string of the molecule is CCC1CN(C(=NC)c2cnc(NC3=NC=CNC34CC4)cc2C)C(=O)O1. The van der Waals surface area contributed by atoms with E-state index in [0.717, 1.165) is 42.0 Å². The Kier molecular flexibility index (Phi) is 4.33. The van der Waals surface area contributed by atoms with Crippen LogP contribution in [-0.4, -0.2) is 52.9 Å². The number of nitrogens with zero attached hydrogens (tertiary/aromatic N) is 4. The van der Waals surface area contributed by atoms with Crippen LogP contribution in [-0.2, 0) is 4.74 Å². The number of ether oxygens (including phenoxy) is 1. The zero-order valence-corrected chi connectivity index (χ0v) is 15.8. The minimum Gasteiger partial charge on any atom is -0.444 e. The number of aryl methyl sites for hydroxylation is 1. The van der Waals surface area contributed by atoms with Crippen LogP contribution in [0.5, 0.6) is 0 Å². The van der Waals surface area contributed by atoms with Crippen LogP contribution >= 0.6 is 0 Å². The molecule has 2 aliphatic heterocycles. The first-order valence-electron chi connectivity index (χ1n) is 9.26. The van der Waals surface area contributed by atoms with Crippen LogP contribution in [0.15, 0.2) is 34.6 Å². The van der Waals surface area contributed by atoms with E-state index in [4.69, 9.17) is 4.74 Å². The molecule has 1 aromatic rings. The fourth-order valence-electron chi connectivity index (χ4n) is 3.43. The zero-order chi connectivity index (χ0) is 19.0. The van der Waals surface area contributed by atoms with Gasteiger partial charge >= 0.3 is 6.09 Å². The third-order valence-electron chi connectivity index (χ3n) is 5.24. The number of cyclic esters (lactones) is 1. The van der Waals surface area contributed by atoms with E-state index in [-0.39, 0.29) is 17.7 Å². The number of hydrogen-bond donors (Lipinski definition) is 2. The number of carbonyl (C=O) groups excluding carboxylic acids is 1. The summed E-state index contributed by atoms with van der Waals surface area (Å²) in [6.07, 6.45) is 7.83. The molecular formula is C19H24N6O2. The molecule has 2 fully saturated rings. The van der Waals surface area contributed by atoms with Gasteiger partial charge in [0.1, 0.15) is 23.6 Å². The van der Waals surface area contributed by atoms with Crippen molar-refractivity contribution in [2.75, 3.05) is 18.9 Å². The van der Waals surface area contributed by atoms with Gasteiger partial charge in [-0.3, -0.25) is 9.89 Å². The minimum absolute atomic E-state index is 0.0620. The quantitative estimate of drug-likeness (QED) is 0.631. The lowest BCUT2D eigenvalue weighted by molar-refractivity contribution is 0.135. The second-order valence-electron chi connectivity index (χ2n) is 7.10. The fraction of sp³-hybridized carbons (Fsp3) is 0.474. The second-order valence-corrected chi connectivity index (χ2v) is 7.10. The van der Waals surface area contributed by atoms with E-state index in [1.165, 1.54) is 0 Å². The van der Waals surface area contributed by atoms with Gasteiger partial charge in [0, 0.05) is 31.2 Å². The number of amides is 1. The van der Waals surface area contributed by atoms with Crippen molar-refractivity contribution in [1.29, 1.82) is 0 Å².